The average Bonchev–Trinajstić information content (AvgIpc) is 2.93. The molecular weight excluding hydrogens is 262 g/mol. The Bertz CT molecular complexity index is 569. The fourth-order valence-electron chi connectivity index (χ4n) is 1.51. The molecule has 2 aromatic heterocycles. The Hall–Kier alpha value is -1.99. The molecule has 0 aliphatic heterocycles. The third-order valence-corrected chi connectivity index (χ3v) is 3.73. The molecule has 0 saturated carbocycles. The predicted octanol–water partition coefficient (Wildman–Crippen LogP) is 1.32. The molecule has 0 aliphatic carbocycles. The number of hydrogen-bond donors (Lipinski definition) is 3. The summed E-state index contributed by atoms with van der Waals surface area (Å²) in [6.45, 7) is 2.60. The maximum absolute atomic E-state index is 11.9. The number of carbonyl (C=O) groups excluding carboxylic acids is 1. The highest BCUT2D eigenvalue weighted by Gasteiger charge is 2.09. The number of nitrogen functional groups attached to an aromatic ring is 1. The number of amides is 1. The molecule has 4 N–H and O–H groups in total. The number of nitrogens with one attached hydrogen (secondary N) is 2. The van der Waals surface area contributed by atoms with E-state index in [4.69, 9.17) is 5.84 Å². The Morgan fingerprint density at radius 2 is 2.16 bits per heavy atom. The Morgan fingerprint density at radius 3 is 2.84 bits per heavy atom. The van der Waals surface area contributed by atoms with E-state index in [0.29, 0.717) is 12.4 Å². The minimum Gasteiger partial charge on any atom is -0.346 e. The molecule has 7 heteroatoms. The van der Waals surface area contributed by atoms with Crippen molar-refractivity contribution < 1.29 is 4.79 Å². The van der Waals surface area contributed by atoms with Gasteiger partial charge in [0, 0.05) is 9.75 Å². The normalized spacial score (nSPS) is 10.2. The summed E-state index contributed by atoms with van der Waals surface area (Å²) >= 11 is 1.69. The SMILES string of the molecule is CCc1ccc(CNC(=O)c2cncc(NN)n2)s1. The molecule has 1 amide bonds. The van der Waals surface area contributed by atoms with E-state index in [1.54, 1.807) is 11.3 Å². The molecule has 2 heterocycles. The van der Waals surface area contributed by atoms with E-state index < -0.39 is 0 Å². The van der Waals surface area contributed by atoms with Gasteiger partial charge in [-0.1, -0.05) is 6.92 Å². The molecule has 0 radical (unpaired) electrons. The second-order valence-electron chi connectivity index (χ2n) is 3.84. The van der Waals surface area contributed by atoms with Gasteiger partial charge < -0.3 is 10.7 Å². The number of nitrogens with zero attached hydrogens (tertiary/aromatic N) is 2. The molecular formula is C12H15N5OS. The van der Waals surface area contributed by atoms with Gasteiger partial charge in [-0.2, -0.15) is 0 Å². The fraction of sp³-hybridized carbons (Fsp3) is 0.250. The van der Waals surface area contributed by atoms with E-state index in [2.05, 4.69) is 33.7 Å². The van der Waals surface area contributed by atoms with Crippen molar-refractivity contribution in [1.82, 2.24) is 15.3 Å². The first-order valence-electron chi connectivity index (χ1n) is 5.87. The van der Waals surface area contributed by atoms with Crippen LogP contribution in [0.3, 0.4) is 0 Å². The van der Waals surface area contributed by atoms with Gasteiger partial charge in [-0.15, -0.1) is 11.3 Å². The van der Waals surface area contributed by atoms with Gasteiger partial charge in [-0.05, 0) is 18.6 Å². The van der Waals surface area contributed by atoms with Gasteiger partial charge in [0.05, 0.1) is 18.9 Å². The lowest BCUT2D eigenvalue weighted by atomic mass is 10.3. The van der Waals surface area contributed by atoms with Crippen LogP contribution in [0, 0.1) is 0 Å². The van der Waals surface area contributed by atoms with Crippen molar-refractivity contribution in [3.8, 4) is 0 Å². The first-order valence-corrected chi connectivity index (χ1v) is 6.69. The summed E-state index contributed by atoms with van der Waals surface area (Å²) in [5, 5.41) is 2.80. The van der Waals surface area contributed by atoms with Crippen LogP contribution in [0.2, 0.25) is 0 Å². The van der Waals surface area contributed by atoms with E-state index >= 15 is 0 Å². The molecule has 6 nitrogen and oxygen atoms in total. The summed E-state index contributed by atoms with van der Waals surface area (Å²) in [5.41, 5.74) is 2.59. The van der Waals surface area contributed by atoms with Crippen molar-refractivity contribution in [3.05, 3.63) is 40.0 Å². The highest BCUT2D eigenvalue weighted by atomic mass is 32.1. The third kappa shape index (κ3) is 3.49. The highest BCUT2D eigenvalue weighted by molar-refractivity contribution is 7.11. The zero-order valence-electron chi connectivity index (χ0n) is 10.5. The number of thiophene rings is 1. The second kappa shape index (κ2) is 6.26. The summed E-state index contributed by atoms with van der Waals surface area (Å²) in [5.74, 6) is 5.31. The molecule has 0 saturated heterocycles. The Morgan fingerprint density at radius 1 is 1.37 bits per heavy atom. The summed E-state index contributed by atoms with van der Waals surface area (Å²) in [4.78, 5) is 22.2. The number of aryl methyl sites for hydroxylation is 1. The minimum absolute atomic E-state index is 0.239. The van der Waals surface area contributed by atoms with Gasteiger partial charge in [-0.3, -0.25) is 9.78 Å². The number of nitrogens with two attached hydrogens (primary N) is 1. The first kappa shape index (κ1) is 13.4. The lowest BCUT2D eigenvalue weighted by Crippen LogP contribution is -2.24. The van der Waals surface area contributed by atoms with E-state index in [1.807, 2.05) is 6.07 Å². The zero-order chi connectivity index (χ0) is 13.7. The highest BCUT2D eigenvalue weighted by Crippen LogP contribution is 2.16. The molecule has 100 valence electrons. The van der Waals surface area contributed by atoms with E-state index in [-0.39, 0.29) is 11.6 Å². The number of carbonyl (C=O) groups is 1. The maximum atomic E-state index is 11.9. The number of rotatable bonds is 5. The Kier molecular flexibility index (Phi) is 4.43. The largest absolute Gasteiger partial charge is 0.346 e. The summed E-state index contributed by atoms with van der Waals surface area (Å²) in [7, 11) is 0. The number of hydrazine groups is 1. The Labute approximate surface area is 115 Å². The number of hydrogen-bond acceptors (Lipinski definition) is 6. The molecule has 0 aliphatic rings. The van der Waals surface area contributed by atoms with Crippen molar-refractivity contribution >= 4 is 23.1 Å². The smallest absolute Gasteiger partial charge is 0.271 e. The first-order chi connectivity index (χ1) is 9.22. The number of aromatic nitrogens is 2. The van der Waals surface area contributed by atoms with Gasteiger partial charge in [0.2, 0.25) is 0 Å². The molecule has 2 rings (SSSR count). The molecule has 0 spiro atoms. The maximum Gasteiger partial charge on any atom is 0.271 e. The zero-order valence-corrected chi connectivity index (χ0v) is 11.3. The van der Waals surface area contributed by atoms with Crippen LogP contribution >= 0.6 is 11.3 Å². The monoisotopic (exact) mass is 277 g/mol. The lowest BCUT2D eigenvalue weighted by Gasteiger charge is -2.04. The molecule has 0 fully saturated rings. The van der Waals surface area contributed by atoms with Crippen LogP contribution in [-0.4, -0.2) is 15.9 Å². The topological polar surface area (TPSA) is 92.9 Å². The second-order valence-corrected chi connectivity index (χ2v) is 5.09. The van der Waals surface area contributed by atoms with Gasteiger partial charge in [-0.25, -0.2) is 10.8 Å². The van der Waals surface area contributed by atoms with Crippen molar-refractivity contribution in [1.29, 1.82) is 0 Å². The quantitative estimate of drug-likeness (QED) is 0.566. The molecule has 0 atom stereocenters. The van der Waals surface area contributed by atoms with Crippen LogP contribution in [0.4, 0.5) is 5.82 Å². The van der Waals surface area contributed by atoms with E-state index in [0.717, 1.165) is 11.3 Å². The van der Waals surface area contributed by atoms with E-state index in [1.165, 1.54) is 17.3 Å². The van der Waals surface area contributed by atoms with Gasteiger partial charge in [0.15, 0.2) is 5.82 Å². The van der Waals surface area contributed by atoms with Crippen LogP contribution in [0.1, 0.15) is 27.2 Å². The van der Waals surface area contributed by atoms with Crippen molar-refractivity contribution in [2.24, 2.45) is 5.84 Å². The van der Waals surface area contributed by atoms with Crippen molar-refractivity contribution in [3.63, 3.8) is 0 Å². The van der Waals surface area contributed by atoms with Crippen LogP contribution < -0.4 is 16.6 Å². The fourth-order valence-corrected chi connectivity index (χ4v) is 2.41. The molecule has 0 unspecified atom stereocenters. The minimum atomic E-state index is -0.268. The summed E-state index contributed by atoms with van der Waals surface area (Å²) < 4.78 is 0. The standard InChI is InChI=1S/C12H15N5OS/c1-2-8-3-4-9(19-8)5-15-12(18)10-6-14-7-11(16-10)17-13/h3-4,6-7H,2,5,13H2,1H3,(H,15,18)(H,16,17). The van der Waals surface area contributed by atoms with Crippen molar-refractivity contribution in [2.75, 3.05) is 5.43 Å². The summed E-state index contributed by atoms with van der Waals surface area (Å²) in [6, 6.07) is 4.10. The summed E-state index contributed by atoms with van der Waals surface area (Å²) in [6.07, 6.45) is 3.86. The lowest BCUT2D eigenvalue weighted by molar-refractivity contribution is 0.0946. The molecule has 0 bridgehead atoms. The van der Waals surface area contributed by atoms with Gasteiger partial charge >= 0.3 is 0 Å². The molecule has 2 aromatic rings. The van der Waals surface area contributed by atoms with Gasteiger partial charge in [0.1, 0.15) is 5.69 Å². The number of anilines is 1. The molecule has 0 aromatic carbocycles. The van der Waals surface area contributed by atoms with E-state index in [9.17, 15) is 4.79 Å². The predicted molar refractivity (Wildman–Crippen MR) is 74.7 cm³/mol. The van der Waals surface area contributed by atoms with Crippen LogP contribution in [0.5, 0.6) is 0 Å². The third-order valence-electron chi connectivity index (χ3n) is 2.50. The van der Waals surface area contributed by atoms with Crippen LogP contribution in [0.25, 0.3) is 0 Å². The average molecular weight is 277 g/mol. The Balaban J connectivity index is 1.96. The van der Waals surface area contributed by atoms with Crippen molar-refractivity contribution in [2.45, 2.75) is 19.9 Å². The molecule has 19 heavy (non-hydrogen) atoms. The van der Waals surface area contributed by atoms with Crippen LogP contribution in [-0.2, 0) is 13.0 Å². The van der Waals surface area contributed by atoms with Crippen LogP contribution in [0.15, 0.2) is 24.5 Å². The van der Waals surface area contributed by atoms with Gasteiger partial charge in [0.25, 0.3) is 5.91 Å².